The van der Waals surface area contributed by atoms with E-state index in [0.717, 1.165) is 11.1 Å². The maximum Gasteiger partial charge on any atom is 0.267 e. The fraction of sp³-hybridized carbons (Fsp3) is 0.111. The van der Waals surface area contributed by atoms with Gasteiger partial charge in [0.05, 0.1) is 0 Å². The van der Waals surface area contributed by atoms with E-state index in [4.69, 9.17) is 5.26 Å². The SMILES string of the molecule is Cc1cccc(NC(=O)/C(C#N)=C\NCc2cccc(F)c2)c1. The minimum Gasteiger partial charge on any atom is -0.386 e. The van der Waals surface area contributed by atoms with E-state index in [0.29, 0.717) is 12.2 Å². The van der Waals surface area contributed by atoms with E-state index < -0.39 is 5.91 Å². The molecule has 1 amide bonds. The zero-order valence-electron chi connectivity index (χ0n) is 12.6. The van der Waals surface area contributed by atoms with Crippen LogP contribution in [0.2, 0.25) is 0 Å². The van der Waals surface area contributed by atoms with Gasteiger partial charge in [-0.1, -0.05) is 24.3 Å². The minimum atomic E-state index is -0.496. The number of amides is 1. The Kier molecular flexibility index (Phi) is 5.48. The van der Waals surface area contributed by atoms with Gasteiger partial charge in [0.2, 0.25) is 0 Å². The smallest absolute Gasteiger partial charge is 0.267 e. The molecule has 0 atom stereocenters. The lowest BCUT2D eigenvalue weighted by atomic mass is 10.2. The van der Waals surface area contributed by atoms with Crippen molar-refractivity contribution < 1.29 is 9.18 Å². The number of halogens is 1. The van der Waals surface area contributed by atoms with Gasteiger partial charge >= 0.3 is 0 Å². The van der Waals surface area contributed by atoms with Crippen LogP contribution in [0.15, 0.2) is 60.3 Å². The summed E-state index contributed by atoms with van der Waals surface area (Å²) in [6.07, 6.45) is 1.33. The summed E-state index contributed by atoms with van der Waals surface area (Å²) in [6, 6.07) is 15.2. The monoisotopic (exact) mass is 309 g/mol. The lowest BCUT2D eigenvalue weighted by Gasteiger charge is -2.06. The maximum absolute atomic E-state index is 13.1. The van der Waals surface area contributed by atoms with Crippen LogP contribution in [0.5, 0.6) is 0 Å². The molecule has 0 spiro atoms. The number of carbonyl (C=O) groups excluding carboxylic acids is 1. The molecule has 0 fully saturated rings. The van der Waals surface area contributed by atoms with Crippen molar-refractivity contribution in [1.29, 1.82) is 5.26 Å². The molecule has 0 aliphatic rings. The zero-order valence-corrected chi connectivity index (χ0v) is 12.6. The summed E-state index contributed by atoms with van der Waals surface area (Å²) in [5.74, 6) is -0.823. The van der Waals surface area contributed by atoms with Crippen molar-refractivity contribution in [3.05, 3.63) is 77.2 Å². The third kappa shape index (κ3) is 4.97. The van der Waals surface area contributed by atoms with Crippen molar-refractivity contribution >= 4 is 11.6 Å². The third-order valence-corrected chi connectivity index (χ3v) is 3.08. The minimum absolute atomic E-state index is 0.0529. The van der Waals surface area contributed by atoms with Crippen LogP contribution in [0.3, 0.4) is 0 Å². The van der Waals surface area contributed by atoms with Gasteiger partial charge in [0.25, 0.3) is 5.91 Å². The number of hydrogen-bond donors (Lipinski definition) is 2. The molecule has 23 heavy (non-hydrogen) atoms. The van der Waals surface area contributed by atoms with Gasteiger partial charge in [-0.2, -0.15) is 5.26 Å². The molecule has 2 N–H and O–H groups in total. The number of aryl methyl sites for hydroxylation is 1. The third-order valence-electron chi connectivity index (χ3n) is 3.08. The molecule has 4 nitrogen and oxygen atoms in total. The first-order valence-electron chi connectivity index (χ1n) is 7.04. The normalized spacial score (nSPS) is 10.7. The lowest BCUT2D eigenvalue weighted by Crippen LogP contribution is -2.16. The molecule has 0 saturated carbocycles. The number of rotatable bonds is 5. The molecule has 2 aromatic carbocycles. The van der Waals surface area contributed by atoms with Gasteiger partial charge in [-0.25, -0.2) is 4.39 Å². The first-order chi connectivity index (χ1) is 11.1. The van der Waals surface area contributed by atoms with E-state index in [2.05, 4.69) is 10.6 Å². The molecule has 0 aliphatic carbocycles. The van der Waals surface area contributed by atoms with E-state index in [-0.39, 0.29) is 11.4 Å². The summed E-state index contributed by atoms with van der Waals surface area (Å²) in [4.78, 5) is 12.0. The van der Waals surface area contributed by atoms with Crippen molar-refractivity contribution in [2.75, 3.05) is 5.32 Å². The topological polar surface area (TPSA) is 64.9 Å². The first kappa shape index (κ1) is 16.2. The van der Waals surface area contributed by atoms with Crippen LogP contribution in [0.25, 0.3) is 0 Å². The summed E-state index contributed by atoms with van der Waals surface area (Å²) in [5.41, 5.74) is 2.30. The second kappa shape index (κ2) is 7.76. The van der Waals surface area contributed by atoms with Gasteiger partial charge in [-0.05, 0) is 42.3 Å². The lowest BCUT2D eigenvalue weighted by molar-refractivity contribution is -0.112. The Bertz CT molecular complexity index is 778. The summed E-state index contributed by atoms with van der Waals surface area (Å²) in [6.45, 7) is 2.23. The highest BCUT2D eigenvalue weighted by molar-refractivity contribution is 6.06. The number of nitrogens with zero attached hydrogens (tertiary/aromatic N) is 1. The highest BCUT2D eigenvalue weighted by Crippen LogP contribution is 2.10. The van der Waals surface area contributed by atoms with Crippen LogP contribution in [0, 0.1) is 24.1 Å². The fourth-order valence-corrected chi connectivity index (χ4v) is 1.99. The molecular weight excluding hydrogens is 293 g/mol. The van der Waals surface area contributed by atoms with Crippen molar-refractivity contribution in [2.45, 2.75) is 13.5 Å². The number of hydrogen-bond acceptors (Lipinski definition) is 3. The highest BCUT2D eigenvalue weighted by Gasteiger charge is 2.09. The first-order valence-corrected chi connectivity index (χ1v) is 7.04. The summed E-state index contributed by atoms with van der Waals surface area (Å²) < 4.78 is 13.1. The predicted molar refractivity (Wildman–Crippen MR) is 86.7 cm³/mol. The van der Waals surface area contributed by atoms with Gasteiger partial charge in [0.1, 0.15) is 17.5 Å². The molecule has 5 heteroatoms. The van der Waals surface area contributed by atoms with Crippen molar-refractivity contribution in [3.8, 4) is 6.07 Å². The van der Waals surface area contributed by atoms with E-state index in [1.165, 1.54) is 18.3 Å². The van der Waals surface area contributed by atoms with Gasteiger partial charge in [0, 0.05) is 18.4 Å². The van der Waals surface area contributed by atoms with Gasteiger partial charge in [0.15, 0.2) is 0 Å². The standard InChI is InChI=1S/C18H16FN3O/c1-13-4-2-7-17(8-13)22-18(23)15(10-20)12-21-11-14-5-3-6-16(19)9-14/h2-9,12,21H,11H2,1H3,(H,22,23)/b15-12-. The Balaban J connectivity index is 1.98. The zero-order chi connectivity index (χ0) is 16.7. The van der Waals surface area contributed by atoms with Crippen LogP contribution >= 0.6 is 0 Å². The summed E-state index contributed by atoms with van der Waals surface area (Å²) in [7, 11) is 0. The molecule has 0 radical (unpaired) electrons. The molecule has 0 heterocycles. The number of anilines is 1. The average molecular weight is 309 g/mol. The number of carbonyl (C=O) groups is 1. The van der Waals surface area contributed by atoms with E-state index in [9.17, 15) is 9.18 Å². The van der Waals surface area contributed by atoms with Crippen LogP contribution in [-0.4, -0.2) is 5.91 Å². The molecule has 0 saturated heterocycles. The van der Waals surface area contributed by atoms with Crippen LogP contribution in [0.4, 0.5) is 10.1 Å². The van der Waals surface area contributed by atoms with Crippen LogP contribution < -0.4 is 10.6 Å². The maximum atomic E-state index is 13.1. The molecule has 0 aromatic heterocycles. The van der Waals surface area contributed by atoms with Crippen molar-refractivity contribution in [2.24, 2.45) is 0 Å². The molecule has 0 unspecified atom stereocenters. The Hall–Kier alpha value is -3.13. The molecule has 2 aromatic rings. The molecule has 0 bridgehead atoms. The van der Waals surface area contributed by atoms with E-state index in [1.54, 1.807) is 18.2 Å². The van der Waals surface area contributed by atoms with E-state index >= 15 is 0 Å². The largest absolute Gasteiger partial charge is 0.386 e. The number of nitrogens with one attached hydrogen (secondary N) is 2. The second-order valence-electron chi connectivity index (χ2n) is 5.00. The molecule has 2 rings (SSSR count). The van der Waals surface area contributed by atoms with E-state index in [1.807, 2.05) is 31.2 Å². The molecule has 0 aliphatic heterocycles. The fourth-order valence-electron chi connectivity index (χ4n) is 1.99. The molecular formula is C18H16FN3O. The van der Waals surface area contributed by atoms with Gasteiger partial charge in [-0.3, -0.25) is 4.79 Å². The van der Waals surface area contributed by atoms with Crippen molar-refractivity contribution in [1.82, 2.24) is 5.32 Å². The Labute approximate surface area is 134 Å². The summed E-state index contributed by atoms with van der Waals surface area (Å²) >= 11 is 0. The Morgan fingerprint density at radius 3 is 2.74 bits per heavy atom. The predicted octanol–water partition coefficient (Wildman–Crippen LogP) is 3.27. The highest BCUT2D eigenvalue weighted by atomic mass is 19.1. The quantitative estimate of drug-likeness (QED) is 0.658. The molecule has 116 valence electrons. The number of benzene rings is 2. The Morgan fingerprint density at radius 2 is 2.04 bits per heavy atom. The number of nitriles is 1. The van der Waals surface area contributed by atoms with Crippen LogP contribution in [-0.2, 0) is 11.3 Å². The van der Waals surface area contributed by atoms with Crippen LogP contribution in [0.1, 0.15) is 11.1 Å². The van der Waals surface area contributed by atoms with Gasteiger partial charge in [-0.15, -0.1) is 0 Å². The second-order valence-corrected chi connectivity index (χ2v) is 5.00. The average Bonchev–Trinajstić information content (AvgIpc) is 2.51. The summed E-state index contributed by atoms with van der Waals surface area (Å²) in [5, 5.41) is 14.6. The van der Waals surface area contributed by atoms with Gasteiger partial charge < -0.3 is 10.6 Å². The Morgan fingerprint density at radius 1 is 1.26 bits per heavy atom. The van der Waals surface area contributed by atoms with Crippen molar-refractivity contribution in [3.63, 3.8) is 0 Å².